The molecule has 94 valence electrons. The lowest BCUT2D eigenvalue weighted by Gasteiger charge is -2.16. The molecule has 2 N–H and O–H groups in total. The second-order valence-corrected chi connectivity index (χ2v) is 4.30. The molecule has 0 aliphatic rings. The van der Waals surface area contributed by atoms with Crippen LogP contribution in [-0.4, -0.2) is 7.11 Å². The van der Waals surface area contributed by atoms with Crippen LogP contribution in [0.3, 0.4) is 0 Å². The van der Waals surface area contributed by atoms with E-state index in [1.165, 1.54) is 12.1 Å². The molecule has 0 heterocycles. The van der Waals surface area contributed by atoms with Gasteiger partial charge in [-0.2, -0.15) is 0 Å². The molecule has 0 saturated carbocycles. The van der Waals surface area contributed by atoms with E-state index in [9.17, 15) is 4.39 Å². The Labute approximate surface area is 110 Å². The summed E-state index contributed by atoms with van der Waals surface area (Å²) in [5, 5.41) is 0.0889. The quantitative estimate of drug-likeness (QED) is 0.921. The van der Waals surface area contributed by atoms with Crippen molar-refractivity contribution in [1.29, 1.82) is 0 Å². The first kappa shape index (κ1) is 12.9. The Morgan fingerprint density at radius 3 is 2.61 bits per heavy atom. The molecule has 4 heteroatoms. The van der Waals surface area contributed by atoms with E-state index in [4.69, 9.17) is 22.1 Å². The molecule has 0 aromatic heterocycles. The number of hydrogen-bond donors (Lipinski definition) is 1. The predicted octanol–water partition coefficient (Wildman–Crippen LogP) is 3.54. The highest BCUT2D eigenvalue weighted by Gasteiger charge is 2.14. The van der Waals surface area contributed by atoms with Gasteiger partial charge in [-0.25, -0.2) is 4.39 Å². The zero-order valence-corrected chi connectivity index (χ0v) is 10.6. The van der Waals surface area contributed by atoms with Crippen LogP contribution in [0.5, 0.6) is 5.75 Å². The van der Waals surface area contributed by atoms with E-state index in [1.54, 1.807) is 13.2 Å². The SMILES string of the molecule is COc1ccccc1C(N)c1ccc(Cl)c(F)c1. The summed E-state index contributed by atoms with van der Waals surface area (Å²) < 4.78 is 18.7. The minimum atomic E-state index is -0.473. The van der Waals surface area contributed by atoms with Gasteiger partial charge in [-0.1, -0.05) is 35.9 Å². The molecule has 0 aliphatic carbocycles. The molecule has 2 rings (SSSR count). The van der Waals surface area contributed by atoms with Gasteiger partial charge in [0.15, 0.2) is 0 Å². The largest absolute Gasteiger partial charge is 0.496 e. The monoisotopic (exact) mass is 265 g/mol. The zero-order valence-electron chi connectivity index (χ0n) is 9.86. The topological polar surface area (TPSA) is 35.2 Å². The van der Waals surface area contributed by atoms with Crippen molar-refractivity contribution < 1.29 is 9.13 Å². The van der Waals surface area contributed by atoms with E-state index in [-0.39, 0.29) is 5.02 Å². The smallest absolute Gasteiger partial charge is 0.142 e. The molecule has 2 nitrogen and oxygen atoms in total. The number of methoxy groups -OCH3 is 1. The third kappa shape index (κ3) is 2.47. The van der Waals surface area contributed by atoms with Gasteiger partial charge < -0.3 is 10.5 Å². The van der Waals surface area contributed by atoms with Crippen LogP contribution in [0.25, 0.3) is 0 Å². The summed E-state index contributed by atoms with van der Waals surface area (Å²) >= 11 is 5.65. The average molecular weight is 266 g/mol. The molecule has 0 fully saturated rings. The fourth-order valence-corrected chi connectivity index (χ4v) is 1.93. The molecule has 1 unspecified atom stereocenters. The van der Waals surface area contributed by atoms with Gasteiger partial charge in [-0.15, -0.1) is 0 Å². The van der Waals surface area contributed by atoms with Crippen LogP contribution in [0.15, 0.2) is 42.5 Å². The van der Waals surface area contributed by atoms with Crippen LogP contribution >= 0.6 is 11.6 Å². The van der Waals surface area contributed by atoms with Crippen LogP contribution < -0.4 is 10.5 Å². The van der Waals surface area contributed by atoms with Crippen LogP contribution in [0.1, 0.15) is 17.2 Å². The first-order chi connectivity index (χ1) is 8.63. The maximum Gasteiger partial charge on any atom is 0.142 e. The molecule has 0 amide bonds. The molecule has 0 saturated heterocycles. The molecule has 0 spiro atoms. The van der Waals surface area contributed by atoms with Crippen LogP contribution in [0.4, 0.5) is 4.39 Å². The summed E-state index contributed by atoms with van der Waals surface area (Å²) in [5.74, 6) is 0.208. The molecule has 0 radical (unpaired) electrons. The predicted molar refractivity (Wildman–Crippen MR) is 70.4 cm³/mol. The summed E-state index contributed by atoms with van der Waals surface area (Å²) in [6, 6.07) is 11.5. The summed E-state index contributed by atoms with van der Waals surface area (Å²) in [4.78, 5) is 0. The van der Waals surface area contributed by atoms with Crippen molar-refractivity contribution in [3.05, 3.63) is 64.4 Å². The second-order valence-electron chi connectivity index (χ2n) is 3.89. The minimum absolute atomic E-state index is 0.0889. The Bertz CT molecular complexity index is 559. The van der Waals surface area contributed by atoms with Crippen molar-refractivity contribution in [2.75, 3.05) is 7.11 Å². The number of nitrogens with two attached hydrogens (primary N) is 1. The highest BCUT2D eigenvalue weighted by atomic mass is 35.5. The van der Waals surface area contributed by atoms with E-state index >= 15 is 0 Å². The number of benzene rings is 2. The molecule has 2 aromatic carbocycles. The first-order valence-electron chi connectivity index (χ1n) is 5.47. The van der Waals surface area contributed by atoms with Gasteiger partial charge in [0.25, 0.3) is 0 Å². The molecule has 0 bridgehead atoms. The Kier molecular flexibility index (Phi) is 3.84. The van der Waals surface area contributed by atoms with Crippen molar-refractivity contribution in [3.8, 4) is 5.75 Å². The lowest BCUT2D eigenvalue weighted by molar-refractivity contribution is 0.408. The highest BCUT2D eigenvalue weighted by Crippen LogP contribution is 2.29. The van der Waals surface area contributed by atoms with Gasteiger partial charge in [-0.3, -0.25) is 0 Å². The standard InChI is InChI=1S/C14H13ClFNO/c1-18-13-5-3-2-4-10(13)14(17)9-6-7-11(15)12(16)8-9/h2-8,14H,17H2,1H3. The zero-order chi connectivity index (χ0) is 13.1. The van der Waals surface area contributed by atoms with E-state index in [0.717, 1.165) is 5.56 Å². The Balaban J connectivity index is 2.41. The van der Waals surface area contributed by atoms with Gasteiger partial charge >= 0.3 is 0 Å². The average Bonchev–Trinajstić information content (AvgIpc) is 2.41. The second kappa shape index (κ2) is 5.38. The first-order valence-corrected chi connectivity index (χ1v) is 5.84. The maximum atomic E-state index is 13.4. The van der Waals surface area contributed by atoms with Gasteiger partial charge in [-0.05, 0) is 23.8 Å². The Morgan fingerprint density at radius 1 is 1.22 bits per heavy atom. The molecular formula is C14H13ClFNO. The van der Waals surface area contributed by atoms with E-state index in [1.807, 2.05) is 24.3 Å². The van der Waals surface area contributed by atoms with Gasteiger partial charge in [0, 0.05) is 5.56 Å². The molecule has 0 aliphatic heterocycles. The third-order valence-corrected chi connectivity index (χ3v) is 3.08. The van der Waals surface area contributed by atoms with Gasteiger partial charge in [0.1, 0.15) is 11.6 Å². The third-order valence-electron chi connectivity index (χ3n) is 2.78. The van der Waals surface area contributed by atoms with E-state index in [2.05, 4.69) is 0 Å². The fraction of sp³-hybridized carbons (Fsp3) is 0.143. The van der Waals surface area contributed by atoms with E-state index in [0.29, 0.717) is 11.3 Å². The van der Waals surface area contributed by atoms with Gasteiger partial charge in [0.05, 0.1) is 18.2 Å². The normalized spacial score (nSPS) is 12.2. The number of para-hydroxylation sites is 1. The summed E-state index contributed by atoms with van der Waals surface area (Å²) in [6.45, 7) is 0. The Hall–Kier alpha value is -1.58. The number of halogens is 2. The number of rotatable bonds is 3. The van der Waals surface area contributed by atoms with Crippen molar-refractivity contribution >= 4 is 11.6 Å². The molecular weight excluding hydrogens is 253 g/mol. The lowest BCUT2D eigenvalue weighted by Crippen LogP contribution is -2.13. The maximum absolute atomic E-state index is 13.4. The minimum Gasteiger partial charge on any atom is -0.496 e. The van der Waals surface area contributed by atoms with Crippen molar-refractivity contribution in [3.63, 3.8) is 0 Å². The fourth-order valence-electron chi connectivity index (χ4n) is 1.81. The van der Waals surface area contributed by atoms with Crippen molar-refractivity contribution in [2.45, 2.75) is 6.04 Å². The summed E-state index contributed by atoms with van der Waals surface area (Å²) in [7, 11) is 1.58. The Morgan fingerprint density at radius 2 is 1.94 bits per heavy atom. The van der Waals surface area contributed by atoms with E-state index < -0.39 is 11.9 Å². The molecule has 2 aromatic rings. The van der Waals surface area contributed by atoms with Gasteiger partial charge in [0.2, 0.25) is 0 Å². The van der Waals surface area contributed by atoms with Crippen molar-refractivity contribution in [1.82, 2.24) is 0 Å². The number of ether oxygens (including phenoxy) is 1. The van der Waals surface area contributed by atoms with Crippen LogP contribution in [0, 0.1) is 5.82 Å². The molecule has 1 atom stereocenters. The van der Waals surface area contributed by atoms with Crippen LogP contribution in [0.2, 0.25) is 5.02 Å². The molecule has 18 heavy (non-hydrogen) atoms. The summed E-state index contributed by atoms with van der Waals surface area (Å²) in [5.41, 5.74) is 7.58. The van der Waals surface area contributed by atoms with Crippen molar-refractivity contribution in [2.24, 2.45) is 5.73 Å². The summed E-state index contributed by atoms with van der Waals surface area (Å²) in [6.07, 6.45) is 0. The lowest BCUT2D eigenvalue weighted by atomic mass is 9.99. The highest BCUT2D eigenvalue weighted by molar-refractivity contribution is 6.30. The van der Waals surface area contributed by atoms with Crippen LogP contribution in [-0.2, 0) is 0 Å². The number of hydrogen-bond acceptors (Lipinski definition) is 2.